The molecule has 0 aliphatic rings. The van der Waals surface area contributed by atoms with E-state index in [1.807, 2.05) is 0 Å². The average molecular weight is 190 g/mol. The van der Waals surface area contributed by atoms with Gasteiger partial charge in [0.25, 0.3) is 0 Å². The predicted octanol–water partition coefficient (Wildman–Crippen LogP) is 2.89. The van der Waals surface area contributed by atoms with Crippen LogP contribution in [0.1, 0.15) is 13.8 Å². The Morgan fingerprint density at radius 3 is 2.31 bits per heavy atom. The highest BCUT2D eigenvalue weighted by atomic mass is 19.2. The fourth-order valence-electron chi connectivity index (χ4n) is 0.872. The van der Waals surface area contributed by atoms with E-state index in [0.29, 0.717) is 6.07 Å². The van der Waals surface area contributed by atoms with Crippen molar-refractivity contribution in [2.75, 3.05) is 0 Å². The second kappa shape index (κ2) is 3.68. The summed E-state index contributed by atoms with van der Waals surface area (Å²) >= 11 is 0. The average Bonchev–Trinajstić information content (AvgIpc) is 1.98. The van der Waals surface area contributed by atoms with Crippen LogP contribution in [0, 0.1) is 17.5 Å². The van der Waals surface area contributed by atoms with Crippen LogP contribution in [0.5, 0.6) is 5.75 Å². The van der Waals surface area contributed by atoms with Gasteiger partial charge in [-0.2, -0.15) is 4.39 Å². The minimum atomic E-state index is -1.24. The number of hydrogen-bond donors (Lipinski definition) is 0. The van der Waals surface area contributed by atoms with Crippen molar-refractivity contribution in [2.45, 2.75) is 20.0 Å². The molecule has 0 amide bonds. The van der Waals surface area contributed by atoms with Gasteiger partial charge in [-0.15, -0.1) is 0 Å². The first-order valence-electron chi connectivity index (χ1n) is 3.82. The van der Waals surface area contributed by atoms with Crippen molar-refractivity contribution in [1.29, 1.82) is 0 Å². The van der Waals surface area contributed by atoms with Crippen molar-refractivity contribution in [2.24, 2.45) is 0 Å². The molecule has 1 aromatic rings. The third-order valence-corrected chi connectivity index (χ3v) is 1.32. The first-order chi connectivity index (χ1) is 6.00. The van der Waals surface area contributed by atoms with Crippen molar-refractivity contribution in [1.82, 2.24) is 0 Å². The summed E-state index contributed by atoms with van der Waals surface area (Å²) in [5.41, 5.74) is 0. The van der Waals surface area contributed by atoms with Gasteiger partial charge >= 0.3 is 0 Å². The zero-order chi connectivity index (χ0) is 10.0. The fraction of sp³-hybridized carbons (Fsp3) is 0.333. The van der Waals surface area contributed by atoms with Gasteiger partial charge in [0.15, 0.2) is 11.6 Å². The SMILES string of the molecule is CC(C)Oc1cc(F)cc(F)c1F. The predicted molar refractivity (Wildman–Crippen MR) is 42.1 cm³/mol. The quantitative estimate of drug-likeness (QED) is 0.651. The van der Waals surface area contributed by atoms with Crippen LogP contribution in [0.2, 0.25) is 0 Å². The highest BCUT2D eigenvalue weighted by molar-refractivity contribution is 5.26. The van der Waals surface area contributed by atoms with Crippen LogP contribution in [-0.2, 0) is 0 Å². The van der Waals surface area contributed by atoms with E-state index in [-0.39, 0.29) is 6.10 Å². The largest absolute Gasteiger partial charge is 0.488 e. The van der Waals surface area contributed by atoms with Crippen LogP contribution in [0.3, 0.4) is 0 Å². The minimum Gasteiger partial charge on any atom is -0.488 e. The molecule has 0 N–H and O–H groups in total. The molecule has 0 unspecified atom stereocenters. The summed E-state index contributed by atoms with van der Waals surface area (Å²) in [5.74, 6) is -3.65. The van der Waals surface area contributed by atoms with E-state index >= 15 is 0 Å². The minimum absolute atomic E-state index is 0.323. The summed E-state index contributed by atoms with van der Waals surface area (Å²) in [4.78, 5) is 0. The fourth-order valence-corrected chi connectivity index (χ4v) is 0.872. The van der Waals surface area contributed by atoms with Crippen molar-refractivity contribution >= 4 is 0 Å². The Labute approximate surface area is 74.1 Å². The van der Waals surface area contributed by atoms with Crippen molar-refractivity contribution < 1.29 is 17.9 Å². The smallest absolute Gasteiger partial charge is 0.200 e. The molecule has 0 saturated heterocycles. The molecule has 0 saturated carbocycles. The summed E-state index contributed by atoms with van der Waals surface area (Å²) in [6.07, 6.45) is -0.323. The highest BCUT2D eigenvalue weighted by Gasteiger charge is 2.12. The van der Waals surface area contributed by atoms with Crippen LogP contribution >= 0.6 is 0 Å². The standard InChI is InChI=1S/C9H9F3O/c1-5(2)13-8-4-6(10)3-7(11)9(8)12/h3-5H,1-2H3. The molecule has 0 aromatic heterocycles. The van der Waals surface area contributed by atoms with Gasteiger partial charge in [0.2, 0.25) is 5.82 Å². The van der Waals surface area contributed by atoms with E-state index in [1.165, 1.54) is 0 Å². The van der Waals surface area contributed by atoms with Gasteiger partial charge in [-0.1, -0.05) is 0 Å². The topological polar surface area (TPSA) is 9.23 Å². The van der Waals surface area contributed by atoms with Gasteiger partial charge in [0.1, 0.15) is 5.82 Å². The van der Waals surface area contributed by atoms with E-state index in [1.54, 1.807) is 13.8 Å². The number of ether oxygens (including phenoxy) is 1. The molecule has 0 aliphatic heterocycles. The van der Waals surface area contributed by atoms with Gasteiger partial charge in [-0.3, -0.25) is 0 Å². The van der Waals surface area contributed by atoms with Gasteiger partial charge in [0.05, 0.1) is 6.10 Å². The third kappa shape index (κ3) is 2.37. The third-order valence-electron chi connectivity index (χ3n) is 1.32. The van der Waals surface area contributed by atoms with E-state index in [2.05, 4.69) is 0 Å². The Morgan fingerprint density at radius 1 is 1.15 bits per heavy atom. The summed E-state index contributed by atoms with van der Waals surface area (Å²) in [7, 11) is 0. The van der Waals surface area contributed by atoms with Crippen molar-refractivity contribution in [3.63, 3.8) is 0 Å². The Kier molecular flexibility index (Phi) is 2.80. The van der Waals surface area contributed by atoms with Crippen LogP contribution in [0.15, 0.2) is 12.1 Å². The second-order valence-electron chi connectivity index (χ2n) is 2.87. The maximum absolute atomic E-state index is 12.9. The van der Waals surface area contributed by atoms with E-state index < -0.39 is 23.2 Å². The number of hydrogen-bond acceptors (Lipinski definition) is 1. The Balaban J connectivity index is 3.05. The van der Waals surface area contributed by atoms with Crippen LogP contribution < -0.4 is 4.74 Å². The van der Waals surface area contributed by atoms with E-state index in [0.717, 1.165) is 6.07 Å². The molecule has 0 spiro atoms. The Morgan fingerprint density at radius 2 is 1.77 bits per heavy atom. The summed E-state index contributed by atoms with van der Waals surface area (Å²) in [6, 6.07) is 1.29. The van der Waals surface area contributed by atoms with Crippen molar-refractivity contribution in [3.8, 4) is 5.75 Å². The summed E-state index contributed by atoms with van der Waals surface area (Å²) in [5, 5.41) is 0. The number of halogens is 3. The molecule has 0 aliphatic carbocycles. The molecule has 1 aromatic carbocycles. The molecule has 1 rings (SSSR count). The first-order valence-corrected chi connectivity index (χ1v) is 3.82. The lowest BCUT2D eigenvalue weighted by atomic mass is 10.3. The molecular formula is C9H9F3O. The Bertz CT molecular complexity index is 310. The lowest BCUT2D eigenvalue weighted by Gasteiger charge is -2.10. The molecule has 72 valence electrons. The lowest BCUT2D eigenvalue weighted by molar-refractivity contribution is 0.226. The molecule has 0 heterocycles. The molecule has 0 atom stereocenters. The number of benzene rings is 1. The normalized spacial score (nSPS) is 10.6. The lowest BCUT2D eigenvalue weighted by Crippen LogP contribution is -2.08. The zero-order valence-corrected chi connectivity index (χ0v) is 7.27. The monoisotopic (exact) mass is 190 g/mol. The molecule has 0 fully saturated rings. The van der Waals surface area contributed by atoms with Crippen LogP contribution in [0.4, 0.5) is 13.2 Å². The maximum atomic E-state index is 12.9. The maximum Gasteiger partial charge on any atom is 0.200 e. The highest BCUT2D eigenvalue weighted by Crippen LogP contribution is 2.22. The molecule has 0 radical (unpaired) electrons. The van der Waals surface area contributed by atoms with Gasteiger partial charge in [-0.05, 0) is 13.8 Å². The van der Waals surface area contributed by atoms with Gasteiger partial charge in [0, 0.05) is 12.1 Å². The number of rotatable bonds is 2. The summed E-state index contributed by atoms with van der Waals surface area (Å²) < 4.78 is 42.9. The first kappa shape index (κ1) is 9.89. The van der Waals surface area contributed by atoms with Crippen LogP contribution in [0.25, 0.3) is 0 Å². The molecule has 4 heteroatoms. The summed E-state index contributed by atoms with van der Waals surface area (Å²) in [6.45, 7) is 3.28. The van der Waals surface area contributed by atoms with Gasteiger partial charge in [-0.25, -0.2) is 8.78 Å². The van der Waals surface area contributed by atoms with Crippen molar-refractivity contribution in [3.05, 3.63) is 29.6 Å². The Hall–Kier alpha value is -1.19. The second-order valence-corrected chi connectivity index (χ2v) is 2.87. The van der Waals surface area contributed by atoms with Gasteiger partial charge < -0.3 is 4.74 Å². The van der Waals surface area contributed by atoms with Crippen LogP contribution in [-0.4, -0.2) is 6.10 Å². The molecule has 13 heavy (non-hydrogen) atoms. The van der Waals surface area contributed by atoms with E-state index in [9.17, 15) is 13.2 Å². The molecule has 1 nitrogen and oxygen atoms in total. The molecular weight excluding hydrogens is 181 g/mol. The van der Waals surface area contributed by atoms with E-state index in [4.69, 9.17) is 4.74 Å². The zero-order valence-electron chi connectivity index (χ0n) is 7.27. The molecule has 0 bridgehead atoms.